The highest BCUT2D eigenvalue weighted by molar-refractivity contribution is 5.96. The molecular weight excluding hydrogens is 230 g/mol. The van der Waals surface area contributed by atoms with E-state index >= 15 is 0 Å². The first-order valence-electron chi connectivity index (χ1n) is 6.29. The fourth-order valence-corrected chi connectivity index (χ4v) is 1.91. The highest BCUT2D eigenvalue weighted by Crippen LogP contribution is 2.27. The highest BCUT2D eigenvalue weighted by Gasteiger charge is 2.38. The molecule has 0 aromatic carbocycles. The van der Waals surface area contributed by atoms with Crippen molar-refractivity contribution < 1.29 is 14.3 Å². The molecule has 0 radical (unpaired) electrons. The Hall–Kier alpha value is -1.32. The number of Topliss-reactive ketones (excluding diaryl/α,β-unsaturated/α-hetero) is 1. The molecule has 0 saturated carbocycles. The summed E-state index contributed by atoms with van der Waals surface area (Å²) in [6, 6.07) is 0. The molecule has 4 nitrogen and oxygen atoms in total. The molecule has 1 unspecified atom stereocenters. The van der Waals surface area contributed by atoms with Crippen LogP contribution in [0.2, 0.25) is 0 Å². The fourth-order valence-electron chi connectivity index (χ4n) is 1.91. The minimum absolute atomic E-state index is 0.0683. The Morgan fingerprint density at radius 2 is 1.83 bits per heavy atom. The fraction of sp³-hybridized carbons (Fsp3) is 0.714. The molecule has 1 atom stereocenters. The van der Waals surface area contributed by atoms with Crippen LogP contribution in [0.4, 0.5) is 4.79 Å². The van der Waals surface area contributed by atoms with E-state index in [1.54, 1.807) is 11.8 Å². The van der Waals surface area contributed by atoms with Crippen LogP contribution in [0.1, 0.15) is 34.6 Å². The van der Waals surface area contributed by atoms with Gasteiger partial charge in [-0.05, 0) is 33.3 Å². The number of hydrogen-bond donors (Lipinski definition) is 0. The molecule has 0 aromatic rings. The average Bonchev–Trinajstić information content (AvgIpc) is 2.10. The van der Waals surface area contributed by atoms with E-state index in [9.17, 15) is 9.59 Å². The van der Waals surface area contributed by atoms with Crippen molar-refractivity contribution in [2.75, 3.05) is 13.1 Å². The molecule has 18 heavy (non-hydrogen) atoms. The van der Waals surface area contributed by atoms with Gasteiger partial charge < -0.3 is 9.64 Å². The number of amides is 1. The Morgan fingerprint density at radius 1 is 1.33 bits per heavy atom. The van der Waals surface area contributed by atoms with Crippen molar-refractivity contribution in [3.8, 4) is 0 Å². The zero-order valence-electron chi connectivity index (χ0n) is 11.9. The van der Waals surface area contributed by atoms with Gasteiger partial charge in [0.2, 0.25) is 0 Å². The SMILES string of the molecule is C=C(C)C(=O)C(C)C1CN(C(=O)OC(C)(C)C)C1. The standard InChI is InChI=1S/C14H23NO3/c1-9(2)12(16)10(3)11-7-15(8-11)13(17)18-14(4,5)6/h10-11H,1,7-8H2,2-6H3. The van der Waals surface area contributed by atoms with Crippen LogP contribution in [-0.4, -0.2) is 35.5 Å². The van der Waals surface area contributed by atoms with Crippen LogP contribution in [0.5, 0.6) is 0 Å². The number of ketones is 1. The van der Waals surface area contributed by atoms with Crippen molar-refractivity contribution in [1.82, 2.24) is 4.90 Å². The molecule has 1 aliphatic heterocycles. The molecule has 4 heteroatoms. The summed E-state index contributed by atoms with van der Waals surface area (Å²) in [4.78, 5) is 25.1. The van der Waals surface area contributed by atoms with Crippen LogP contribution < -0.4 is 0 Å². The second-order valence-electron chi connectivity index (χ2n) is 6.08. The molecule has 0 aliphatic carbocycles. The van der Waals surface area contributed by atoms with E-state index in [0.717, 1.165) is 0 Å². The molecule has 0 aromatic heterocycles. The lowest BCUT2D eigenvalue weighted by Crippen LogP contribution is -2.54. The van der Waals surface area contributed by atoms with Gasteiger partial charge in [0.25, 0.3) is 0 Å². The van der Waals surface area contributed by atoms with Crippen LogP contribution in [0, 0.1) is 11.8 Å². The molecule has 0 bridgehead atoms. The average molecular weight is 253 g/mol. The molecule has 102 valence electrons. The van der Waals surface area contributed by atoms with Gasteiger partial charge in [-0.2, -0.15) is 0 Å². The monoisotopic (exact) mass is 253 g/mol. The summed E-state index contributed by atoms with van der Waals surface area (Å²) in [6.45, 7) is 14.0. The number of rotatable bonds is 3. The Morgan fingerprint density at radius 3 is 2.22 bits per heavy atom. The predicted molar refractivity (Wildman–Crippen MR) is 70.3 cm³/mol. The third kappa shape index (κ3) is 3.59. The Balaban J connectivity index is 2.42. The van der Waals surface area contributed by atoms with Crippen LogP contribution in [-0.2, 0) is 9.53 Å². The largest absolute Gasteiger partial charge is 0.444 e. The van der Waals surface area contributed by atoms with E-state index in [1.165, 1.54) is 0 Å². The second kappa shape index (κ2) is 5.12. The van der Waals surface area contributed by atoms with Crippen LogP contribution in [0.25, 0.3) is 0 Å². The van der Waals surface area contributed by atoms with E-state index in [2.05, 4.69) is 6.58 Å². The van der Waals surface area contributed by atoms with Crippen molar-refractivity contribution in [1.29, 1.82) is 0 Å². The predicted octanol–water partition coefficient (Wildman–Crippen LogP) is 2.63. The molecule has 1 rings (SSSR count). The maximum absolute atomic E-state index is 11.7. The van der Waals surface area contributed by atoms with Crippen LogP contribution >= 0.6 is 0 Å². The Kier molecular flexibility index (Phi) is 4.20. The maximum atomic E-state index is 11.7. The molecular formula is C14H23NO3. The number of ether oxygens (including phenoxy) is 1. The van der Waals surface area contributed by atoms with Crippen LogP contribution in [0.3, 0.4) is 0 Å². The quantitative estimate of drug-likeness (QED) is 0.726. The molecule has 1 amide bonds. The molecule has 1 aliphatic rings. The number of allylic oxidation sites excluding steroid dienone is 1. The molecule has 1 saturated heterocycles. The zero-order chi connectivity index (χ0) is 14.1. The minimum Gasteiger partial charge on any atom is -0.444 e. The van der Waals surface area contributed by atoms with E-state index in [0.29, 0.717) is 18.7 Å². The van der Waals surface area contributed by atoms with Gasteiger partial charge in [0.15, 0.2) is 5.78 Å². The number of likely N-dealkylation sites (tertiary alicyclic amines) is 1. The summed E-state index contributed by atoms with van der Waals surface area (Å²) in [7, 11) is 0. The summed E-state index contributed by atoms with van der Waals surface area (Å²) < 4.78 is 5.26. The maximum Gasteiger partial charge on any atom is 0.410 e. The van der Waals surface area contributed by atoms with Gasteiger partial charge in [-0.3, -0.25) is 4.79 Å². The van der Waals surface area contributed by atoms with Gasteiger partial charge in [0.1, 0.15) is 5.60 Å². The summed E-state index contributed by atoms with van der Waals surface area (Å²) in [5.41, 5.74) is 0.111. The molecule has 1 fully saturated rings. The van der Waals surface area contributed by atoms with E-state index in [-0.39, 0.29) is 23.7 Å². The lowest BCUT2D eigenvalue weighted by molar-refractivity contribution is -0.122. The molecule has 0 N–H and O–H groups in total. The number of hydrogen-bond acceptors (Lipinski definition) is 3. The van der Waals surface area contributed by atoms with Crippen molar-refractivity contribution in [2.24, 2.45) is 11.8 Å². The topological polar surface area (TPSA) is 46.6 Å². The molecule has 0 spiro atoms. The number of carbonyl (C=O) groups excluding carboxylic acids is 2. The second-order valence-corrected chi connectivity index (χ2v) is 6.08. The Labute approximate surface area is 109 Å². The number of carbonyl (C=O) groups is 2. The third-order valence-electron chi connectivity index (χ3n) is 3.10. The van der Waals surface area contributed by atoms with Crippen molar-refractivity contribution in [2.45, 2.75) is 40.2 Å². The van der Waals surface area contributed by atoms with Gasteiger partial charge in [-0.25, -0.2) is 4.79 Å². The zero-order valence-corrected chi connectivity index (χ0v) is 11.9. The van der Waals surface area contributed by atoms with Crippen molar-refractivity contribution in [3.63, 3.8) is 0 Å². The van der Waals surface area contributed by atoms with Gasteiger partial charge in [-0.15, -0.1) is 0 Å². The van der Waals surface area contributed by atoms with Gasteiger partial charge in [-0.1, -0.05) is 13.5 Å². The third-order valence-corrected chi connectivity index (χ3v) is 3.10. The van der Waals surface area contributed by atoms with Gasteiger partial charge in [0, 0.05) is 24.9 Å². The van der Waals surface area contributed by atoms with E-state index in [4.69, 9.17) is 4.74 Å². The van der Waals surface area contributed by atoms with E-state index < -0.39 is 5.60 Å². The summed E-state index contributed by atoms with van der Waals surface area (Å²) in [6.07, 6.45) is -0.297. The van der Waals surface area contributed by atoms with Gasteiger partial charge >= 0.3 is 6.09 Å². The number of nitrogens with zero attached hydrogens (tertiary/aromatic N) is 1. The first kappa shape index (κ1) is 14.7. The lowest BCUT2D eigenvalue weighted by atomic mass is 9.83. The van der Waals surface area contributed by atoms with Crippen LogP contribution in [0.15, 0.2) is 12.2 Å². The highest BCUT2D eigenvalue weighted by atomic mass is 16.6. The first-order valence-corrected chi connectivity index (χ1v) is 6.29. The first-order chi connectivity index (χ1) is 8.11. The summed E-state index contributed by atoms with van der Waals surface area (Å²) in [5.74, 6) is 0.242. The Bertz CT molecular complexity index is 362. The van der Waals surface area contributed by atoms with E-state index in [1.807, 2.05) is 27.7 Å². The molecule has 1 heterocycles. The van der Waals surface area contributed by atoms with Gasteiger partial charge in [0.05, 0.1) is 0 Å². The minimum atomic E-state index is -0.471. The lowest BCUT2D eigenvalue weighted by Gasteiger charge is -2.42. The van der Waals surface area contributed by atoms with Crippen molar-refractivity contribution in [3.05, 3.63) is 12.2 Å². The smallest absolute Gasteiger partial charge is 0.410 e. The normalized spacial score (nSPS) is 17.9. The summed E-state index contributed by atoms with van der Waals surface area (Å²) in [5, 5.41) is 0. The van der Waals surface area contributed by atoms with Crippen molar-refractivity contribution >= 4 is 11.9 Å². The summed E-state index contributed by atoms with van der Waals surface area (Å²) >= 11 is 0.